The Bertz CT molecular complexity index is 372. The van der Waals surface area contributed by atoms with E-state index in [1.165, 1.54) is 0 Å². The second-order valence-corrected chi connectivity index (χ2v) is 3.19. The van der Waals surface area contributed by atoms with Crippen molar-refractivity contribution in [2.45, 2.75) is 19.1 Å². The van der Waals surface area contributed by atoms with Gasteiger partial charge < -0.3 is 15.8 Å². The Hall–Kier alpha value is -1.33. The molecule has 1 aromatic heterocycles. The summed E-state index contributed by atoms with van der Waals surface area (Å²) in [6.45, 7) is 1.76. The van der Waals surface area contributed by atoms with Gasteiger partial charge in [-0.3, -0.25) is 4.79 Å². The molecule has 1 amide bonds. The summed E-state index contributed by atoms with van der Waals surface area (Å²) in [7, 11) is 0. The summed E-state index contributed by atoms with van der Waals surface area (Å²) >= 11 is 0. The van der Waals surface area contributed by atoms with Crippen LogP contribution in [0.4, 0.5) is 5.82 Å². The highest BCUT2D eigenvalue weighted by atomic mass is 35.5. The van der Waals surface area contributed by atoms with E-state index in [1.54, 1.807) is 25.3 Å². The van der Waals surface area contributed by atoms with Crippen LogP contribution >= 0.6 is 12.4 Å². The zero-order valence-corrected chi connectivity index (χ0v) is 8.95. The number of pyridine rings is 1. The number of nitrogens with one attached hydrogen (secondary N) is 1. The van der Waals surface area contributed by atoms with Crippen LogP contribution in [-0.2, 0) is 4.79 Å². The Labute approximate surface area is 93.4 Å². The van der Waals surface area contributed by atoms with Gasteiger partial charge in [0.25, 0.3) is 0 Å². The summed E-state index contributed by atoms with van der Waals surface area (Å²) < 4.78 is 5.47. The quantitative estimate of drug-likeness (QED) is 0.681. The summed E-state index contributed by atoms with van der Waals surface area (Å²) in [4.78, 5) is 15.4. The maximum Gasteiger partial charge on any atom is 0.246 e. The van der Waals surface area contributed by atoms with Gasteiger partial charge in [-0.2, -0.15) is 0 Å². The molecule has 5 nitrogen and oxygen atoms in total. The molecule has 2 rings (SSSR count). The Morgan fingerprint density at radius 1 is 1.60 bits per heavy atom. The Morgan fingerprint density at radius 2 is 2.33 bits per heavy atom. The molecule has 2 heterocycles. The highest BCUT2D eigenvalue weighted by molar-refractivity contribution is 5.96. The first kappa shape index (κ1) is 11.7. The molecule has 82 valence electrons. The average molecular weight is 230 g/mol. The molecule has 0 radical (unpaired) electrons. The maximum absolute atomic E-state index is 11.4. The van der Waals surface area contributed by atoms with Crippen molar-refractivity contribution in [1.29, 1.82) is 0 Å². The van der Waals surface area contributed by atoms with Gasteiger partial charge in [-0.05, 0) is 19.1 Å². The van der Waals surface area contributed by atoms with Crippen molar-refractivity contribution in [2.24, 2.45) is 5.73 Å². The van der Waals surface area contributed by atoms with Crippen LogP contribution in [0.1, 0.15) is 6.92 Å². The third kappa shape index (κ3) is 2.19. The normalized spacial score (nSPS) is 24.0. The molecule has 3 N–H and O–H groups in total. The summed E-state index contributed by atoms with van der Waals surface area (Å²) in [5.74, 6) is 0.716. The molecule has 0 saturated carbocycles. The van der Waals surface area contributed by atoms with E-state index >= 15 is 0 Å². The third-order valence-electron chi connectivity index (χ3n) is 2.13. The number of nitrogens with two attached hydrogens (primary N) is 1. The number of aromatic nitrogens is 1. The molecule has 2 atom stereocenters. The van der Waals surface area contributed by atoms with E-state index in [9.17, 15) is 4.79 Å². The van der Waals surface area contributed by atoms with Crippen molar-refractivity contribution >= 4 is 24.1 Å². The molecule has 0 saturated heterocycles. The fraction of sp³-hybridized carbons (Fsp3) is 0.333. The minimum absolute atomic E-state index is 0. The number of carbonyl (C=O) groups is 1. The lowest BCUT2D eigenvalue weighted by Gasteiger charge is -2.15. The molecule has 0 fully saturated rings. The van der Waals surface area contributed by atoms with E-state index in [2.05, 4.69) is 10.3 Å². The summed E-state index contributed by atoms with van der Waals surface area (Å²) in [5, 5.41) is 2.60. The van der Waals surface area contributed by atoms with Crippen LogP contribution in [0.25, 0.3) is 0 Å². The molecule has 6 heteroatoms. The van der Waals surface area contributed by atoms with Crippen LogP contribution < -0.4 is 15.8 Å². The van der Waals surface area contributed by atoms with E-state index in [4.69, 9.17) is 10.5 Å². The highest BCUT2D eigenvalue weighted by Crippen LogP contribution is 2.25. The summed E-state index contributed by atoms with van der Waals surface area (Å²) in [6.07, 6.45) is 1.24. The second-order valence-electron chi connectivity index (χ2n) is 3.19. The van der Waals surface area contributed by atoms with Gasteiger partial charge in [0.1, 0.15) is 12.1 Å². The molecule has 0 aromatic carbocycles. The standard InChI is InChI=1S/C9H11N3O2.ClH/c1-5-7(10)9(13)12-8-6(14-5)3-2-4-11-8;/h2-5,7H,10H2,1H3,(H,11,12,13);1H/t5-,7-;/m0./s1. The minimum atomic E-state index is -0.663. The van der Waals surface area contributed by atoms with E-state index in [0.29, 0.717) is 11.6 Å². The number of halogens is 1. The lowest BCUT2D eigenvalue weighted by Crippen LogP contribution is -2.44. The fourth-order valence-electron chi connectivity index (χ4n) is 1.27. The molecule has 1 aliphatic heterocycles. The predicted molar refractivity (Wildman–Crippen MR) is 58.2 cm³/mol. The Kier molecular flexibility index (Phi) is 3.49. The van der Waals surface area contributed by atoms with Crippen molar-refractivity contribution in [1.82, 2.24) is 4.98 Å². The van der Waals surface area contributed by atoms with Crippen LogP contribution in [0.15, 0.2) is 18.3 Å². The third-order valence-corrected chi connectivity index (χ3v) is 2.13. The predicted octanol–water partition coefficient (Wildman–Crippen LogP) is 0.550. The van der Waals surface area contributed by atoms with E-state index in [0.717, 1.165) is 0 Å². The SMILES string of the molecule is C[C@@H]1Oc2cccnc2NC(=O)[C@H]1N.Cl. The molecular formula is C9H12ClN3O2. The van der Waals surface area contributed by atoms with Gasteiger partial charge in [0.15, 0.2) is 11.6 Å². The largest absolute Gasteiger partial charge is 0.485 e. The van der Waals surface area contributed by atoms with Gasteiger partial charge in [0.05, 0.1) is 0 Å². The number of ether oxygens (including phenoxy) is 1. The molecular weight excluding hydrogens is 218 g/mol. The first-order valence-corrected chi connectivity index (χ1v) is 4.36. The molecule has 0 unspecified atom stereocenters. The smallest absolute Gasteiger partial charge is 0.246 e. The van der Waals surface area contributed by atoms with Crippen molar-refractivity contribution in [3.63, 3.8) is 0 Å². The molecule has 15 heavy (non-hydrogen) atoms. The van der Waals surface area contributed by atoms with Crippen molar-refractivity contribution < 1.29 is 9.53 Å². The van der Waals surface area contributed by atoms with Crippen LogP contribution in [0.5, 0.6) is 5.75 Å². The zero-order valence-electron chi connectivity index (χ0n) is 8.14. The van der Waals surface area contributed by atoms with Crippen molar-refractivity contribution in [3.05, 3.63) is 18.3 Å². The van der Waals surface area contributed by atoms with E-state index < -0.39 is 6.04 Å². The zero-order chi connectivity index (χ0) is 10.1. The summed E-state index contributed by atoms with van der Waals surface area (Å²) in [6, 6.07) is 2.83. The minimum Gasteiger partial charge on any atom is -0.485 e. The highest BCUT2D eigenvalue weighted by Gasteiger charge is 2.27. The topological polar surface area (TPSA) is 77.2 Å². The average Bonchev–Trinajstić information content (AvgIpc) is 2.28. The van der Waals surface area contributed by atoms with Crippen LogP contribution in [0.3, 0.4) is 0 Å². The number of anilines is 1. The van der Waals surface area contributed by atoms with Crippen LogP contribution in [0, 0.1) is 0 Å². The number of hydrogen-bond donors (Lipinski definition) is 2. The lowest BCUT2D eigenvalue weighted by molar-refractivity contribution is -0.118. The maximum atomic E-state index is 11.4. The van der Waals surface area contributed by atoms with Crippen molar-refractivity contribution in [3.8, 4) is 5.75 Å². The van der Waals surface area contributed by atoms with Gasteiger partial charge in [-0.25, -0.2) is 4.98 Å². The van der Waals surface area contributed by atoms with Gasteiger partial charge in [-0.15, -0.1) is 12.4 Å². The number of carbonyl (C=O) groups excluding carboxylic acids is 1. The van der Waals surface area contributed by atoms with Crippen LogP contribution in [0.2, 0.25) is 0 Å². The Balaban J connectivity index is 0.00000112. The fourth-order valence-corrected chi connectivity index (χ4v) is 1.27. The monoisotopic (exact) mass is 229 g/mol. The Morgan fingerprint density at radius 3 is 3.07 bits per heavy atom. The number of rotatable bonds is 0. The first-order chi connectivity index (χ1) is 6.68. The number of nitrogens with zero attached hydrogens (tertiary/aromatic N) is 1. The number of amides is 1. The summed E-state index contributed by atoms with van der Waals surface area (Å²) in [5.41, 5.74) is 5.64. The molecule has 1 aliphatic rings. The van der Waals surface area contributed by atoms with Gasteiger partial charge in [0, 0.05) is 6.20 Å². The first-order valence-electron chi connectivity index (χ1n) is 4.36. The second kappa shape index (κ2) is 4.46. The van der Waals surface area contributed by atoms with Gasteiger partial charge in [-0.1, -0.05) is 0 Å². The molecule has 1 aromatic rings. The molecule has 0 bridgehead atoms. The van der Waals surface area contributed by atoms with E-state index in [1.807, 2.05) is 0 Å². The van der Waals surface area contributed by atoms with E-state index in [-0.39, 0.29) is 24.4 Å². The molecule has 0 aliphatic carbocycles. The molecule has 0 spiro atoms. The van der Waals surface area contributed by atoms with Gasteiger partial charge in [0.2, 0.25) is 5.91 Å². The van der Waals surface area contributed by atoms with Crippen LogP contribution in [-0.4, -0.2) is 23.0 Å². The lowest BCUT2D eigenvalue weighted by atomic mass is 10.2. The van der Waals surface area contributed by atoms with Crippen molar-refractivity contribution in [2.75, 3.05) is 5.32 Å². The number of hydrogen-bond acceptors (Lipinski definition) is 4. The number of fused-ring (bicyclic) bond motifs is 1. The van der Waals surface area contributed by atoms with Gasteiger partial charge >= 0.3 is 0 Å².